The number of aliphatic carboxylic acids is 2. The van der Waals surface area contributed by atoms with E-state index in [2.05, 4.69) is 5.32 Å². The summed E-state index contributed by atoms with van der Waals surface area (Å²) in [7, 11) is 0. The van der Waals surface area contributed by atoms with E-state index in [0.717, 1.165) is 20.9 Å². The van der Waals surface area contributed by atoms with Crippen molar-refractivity contribution in [2.75, 3.05) is 17.3 Å². The molecule has 3 heterocycles. The number of rotatable bonds is 13. The minimum atomic E-state index is -1.26. The van der Waals surface area contributed by atoms with Gasteiger partial charge in [-0.3, -0.25) is 14.5 Å². The first-order valence-corrected chi connectivity index (χ1v) is 16.0. The number of carboxylic acid groups (broad SMARTS) is 2. The summed E-state index contributed by atoms with van der Waals surface area (Å²) < 4.78 is 1.92. The minimum Gasteiger partial charge on any atom is -0.548 e. The summed E-state index contributed by atoms with van der Waals surface area (Å²) in [6.45, 7) is 4.58. The molecule has 1 fully saturated rings. The second kappa shape index (κ2) is 13.8. The number of amides is 2. The van der Waals surface area contributed by atoms with Crippen LogP contribution in [0.2, 0.25) is 0 Å². The summed E-state index contributed by atoms with van der Waals surface area (Å²) in [5.41, 5.74) is 8.32. The zero-order chi connectivity index (χ0) is 29.7. The summed E-state index contributed by atoms with van der Waals surface area (Å²) in [6.07, 6.45) is 4.66. The molecule has 0 aliphatic carbocycles. The van der Waals surface area contributed by atoms with Crippen molar-refractivity contribution in [3.63, 3.8) is 0 Å². The van der Waals surface area contributed by atoms with Crippen LogP contribution in [0.3, 0.4) is 0 Å². The fourth-order valence-electron chi connectivity index (χ4n) is 4.49. The lowest BCUT2D eigenvalue weighted by Crippen LogP contribution is -2.70. The third-order valence-corrected chi connectivity index (χ3v) is 10.4. The Kier molecular flexibility index (Phi) is 10.4. The second-order valence-electron chi connectivity index (χ2n) is 9.90. The van der Waals surface area contributed by atoms with Gasteiger partial charge in [-0.15, -0.1) is 35.3 Å². The Hall–Kier alpha value is -3.00. The molecule has 1 aromatic heterocycles. The van der Waals surface area contributed by atoms with E-state index in [1.807, 2.05) is 61.1 Å². The van der Waals surface area contributed by atoms with Gasteiger partial charge in [0.1, 0.15) is 23.7 Å². The minimum absolute atomic E-state index is 0.00300. The maximum absolute atomic E-state index is 13.0. The molecule has 2 aliphatic rings. The number of nitrogens with two attached hydrogens (primary N) is 1. The number of hydrogen-bond donors (Lipinski definition) is 3. The highest BCUT2D eigenvalue weighted by Gasteiger charge is 2.54. The molecule has 2 amide bonds. The molecule has 2 aliphatic heterocycles. The van der Waals surface area contributed by atoms with Crippen molar-refractivity contribution >= 4 is 59.0 Å². The van der Waals surface area contributed by atoms with Crippen LogP contribution < -0.4 is 20.7 Å². The van der Waals surface area contributed by atoms with Crippen molar-refractivity contribution in [3.8, 4) is 0 Å². The van der Waals surface area contributed by atoms with Crippen LogP contribution in [0.5, 0.6) is 0 Å². The largest absolute Gasteiger partial charge is 0.548 e. The first-order valence-electron chi connectivity index (χ1n) is 13.0. The Bertz CT molecular complexity index is 1370. The highest BCUT2D eigenvalue weighted by molar-refractivity contribution is 8.01. The highest BCUT2D eigenvalue weighted by atomic mass is 32.2. The molecule has 1 saturated heterocycles. The fourth-order valence-corrected chi connectivity index (χ4v) is 7.79. The predicted octanol–water partition coefficient (Wildman–Crippen LogP) is 1.07. The first kappa shape index (κ1) is 30.9. The number of carbonyl (C=O) groups is 4. The number of benzene rings is 1. The van der Waals surface area contributed by atoms with Crippen LogP contribution in [0, 0.1) is 13.8 Å². The Morgan fingerprint density at radius 1 is 1.22 bits per heavy atom. The van der Waals surface area contributed by atoms with Gasteiger partial charge < -0.3 is 26.1 Å². The number of hydrogen-bond acceptors (Lipinski definition) is 9. The standard InChI is InChI=1S/C28H32N4O6S3/c1-16-5-6-17(2)21(12-16)40-15-22(33)30-23-25(34)32-24(28(37)38)18(14-41-26(23)32)13-39-19-7-10-31(11-8-19)9-3-4-20(29)27(35)36/h5-8,10-12,20,23,26H,3-4,9,13-15,29H2,1-2H3,(H2-,30,33,35,36,37,38)/t20-,23+,26+/m0/s1. The van der Waals surface area contributed by atoms with Crippen molar-refractivity contribution in [2.45, 2.75) is 60.5 Å². The van der Waals surface area contributed by atoms with E-state index >= 15 is 0 Å². The lowest BCUT2D eigenvalue weighted by Gasteiger charge is -2.49. The van der Waals surface area contributed by atoms with Gasteiger partial charge in [0.05, 0.1) is 11.7 Å². The molecular weight excluding hydrogens is 585 g/mol. The fraction of sp³-hybridized carbons (Fsp3) is 0.393. The number of β-lactam (4-membered cyclic amide) rings is 1. The van der Waals surface area contributed by atoms with Crippen molar-refractivity contribution in [2.24, 2.45) is 5.73 Å². The van der Waals surface area contributed by atoms with Gasteiger partial charge in [-0.2, -0.15) is 0 Å². The smallest absolute Gasteiger partial charge is 0.352 e. The Morgan fingerprint density at radius 2 is 1.95 bits per heavy atom. The Labute approximate surface area is 251 Å². The van der Waals surface area contributed by atoms with Crippen LogP contribution in [0.4, 0.5) is 0 Å². The Morgan fingerprint density at radius 3 is 2.63 bits per heavy atom. The number of fused-ring (bicyclic) bond motifs is 1. The van der Waals surface area contributed by atoms with Gasteiger partial charge in [-0.1, -0.05) is 17.7 Å². The van der Waals surface area contributed by atoms with Gasteiger partial charge in [-0.05, 0) is 37.5 Å². The molecule has 1 aromatic carbocycles. The van der Waals surface area contributed by atoms with Crippen LogP contribution in [-0.2, 0) is 25.7 Å². The SMILES string of the molecule is Cc1ccc(C)c(SCC(=O)N[C@@H]2C(=O)N3C(C(=O)O)=C(CSc4cc[n+](CCC[C@H](N)C(=O)[O-])cc4)CS[C@H]23)c1. The van der Waals surface area contributed by atoms with E-state index < -0.39 is 35.3 Å². The predicted molar refractivity (Wildman–Crippen MR) is 156 cm³/mol. The topological polar surface area (TPSA) is 157 Å². The molecule has 2 aromatic rings. The molecule has 0 spiro atoms. The molecule has 4 N–H and O–H groups in total. The average molecular weight is 617 g/mol. The third kappa shape index (κ3) is 7.64. The quantitative estimate of drug-likeness (QED) is 0.169. The number of thioether (sulfide) groups is 3. The molecule has 0 saturated carbocycles. The van der Waals surface area contributed by atoms with E-state index in [1.54, 1.807) is 0 Å². The van der Waals surface area contributed by atoms with E-state index in [-0.39, 0.29) is 17.4 Å². The number of carbonyl (C=O) groups excluding carboxylic acids is 3. The normalized spacial score (nSPS) is 18.9. The molecule has 218 valence electrons. The molecular formula is C28H32N4O6S3. The van der Waals surface area contributed by atoms with Gasteiger partial charge in [0.2, 0.25) is 5.91 Å². The lowest BCUT2D eigenvalue weighted by molar-refractivity contribution is -0.697. The van der Waals surface area contributed by atoms with Crippen LogP contribution in [0.25, 0.3) is 0 Å². The van der Waals surface area contributed by atoms with Crippen LogP contribution in [0.1, 0.15) is 24.0 Å². The van der Waals surface area contributed by atoms with E-state index in [9.17, 15) is 29.4 Å². The zero-order valence-corrected chi connectivity index (χ0v) is 25.2. The molecule has 0 bridgehead atoms. The number of nitrogens with one attached hydrogen (secondary N) is 1. The first-order chi connectivity index (χ1) is 19.5. The second-order valence-corrected chi connectivity index (χ2v) is 13.1. The van der Waals surface area contributed by atoms with Crippen LogP contribution in [-0.4, -0.2) is 68.5 Å². The van der Waals surface area contributed by atoms with Crippen LogP contribution in [0.15, 0.2) is 63.8 Å². The van der Waals surface area contributed by atoms with Crippen molar-refractivity contribution < 1.29 is 34.0 Å². The number of nitrogens with zero attached hydrogens (tertiary/aromatic N) is 2. The molecule has 0 radical (unpaired) electrons. The number of aromatic nitrogens is 1. The van der Waals surface area contributed by atoms with Crippen molar-refractivity contribution in [1.82, 2.24) is 10.2 Å². The number of carboxylic acids is 2. The Balaban J connectivity index is 1.31. The molecule has 13 heteroatoms. The summed E-state index contributed by atoms with van der Waals surface area (Å²) >= 11 is 4.34. The van der Waals surface area contributed by atoms with Gasteiger partial charge in [0.25, 0.3) is 5.91 Å². The van der Waals surface area contributed by atoms with Gasteiger partial charge in [-0.25, -0.2) is 9.36 Å². The number of pyridine rings is 1. The summed E-state index contributed by atoms with van der Waals surface area (Å²) in [6, 6.07) is 8.12. The maximum Gasteiger partial charge on any atom is 0.352 e. The molecule has 4 rings (SSSR count). The van der Waals surface area contributed by atoms with Crippen LogP contribution >= 0.6 is 35.3 Å². The average Bonchev–Trinajstić information content (AvgIpc) is 2.95. The van der Waals surface area contributed by atoms with Gasteiger partial charge in [0, 0.05) is 45.9 Å². The van der Waals surface area contributed by atoms with E-state index in [1.165, 1.54) is 40.2 Å². The highest BCUT2D eigenvalue weighted by Crippen LogP contribution is 2.41. The van der Waals surface area contributed by atoms with Gasteiger partial charge in [0.15, 0.2) is 12.4 Å². The van der Waals surface area contributed by atoms with Crippen molar-refractivity contribution in [3.05, 3.63) is 65.1 Å². The molecule has 41 heavy (non-hydrogen) atoms. The summed E-state index contributed by atoms with van der Waals surface area (Å²) in [4.78, 5) is 51.8. The van der Waals surface area contributed by atoms with Gasteiger partial charge >= 0.3 is 5.97 Å². The monoisotopic (exact) mass is 616 g/mol. The van der Waals surface area contributed by atoms with E-state index in [4.69, 9.17) is 5.73 Å². The number of aryl methyl sites for hydroxylation is 3. The molecule has 3 atom stereocenters. The lowest BCUT2D eigenvalue weighted by atomic mass is 10.0. The summed E-state index contributed by atoms with van der Waals surface area (Å²) in [5, 5.41) is 23.0. The third-order valence-electron chi connectivity index (χ3n) is 6.78. The molecule has 0 unspecified atom stereocenters. The maximum atomic E-state index is 13.0. The summed E-state index contributed by atoms with van der Waals surface area (Å²) in [5.74, 6) is -2.08. The van der Waals surface area contributed by atoms with Crippen molar-refractivity contribution in [1.29, 1.82) is 0 Å². The zero-order valence-electron chi connectivity index (χ0n) is 22.7. The molecule has 10 nitrogen and oxygen atoms in total. The van der Waals surface area contributed by atoms with E-state index in [0.29, 0.717) is 36.5 Å².